The monoisotopic (exact) mass is 292 g/mol. The molecule has 5 heteroatoms. The van der Waals surface area contributed by atoms with Gasteiger partial charge in [-0.2, -0.15) is 0 Å². The second-order valence-electron chi connectivity index (χ2n) is 6.66. The summed E-state index contributed by atoms with van der Waals surface area (Å²) >= 11 is 0. The first kappa shape index (κ1) is 16.4. The van der Waals surface area contributed by atoms with Crippen molar-refractivity contribution in [3.8, 4) is 0 Å². The Labute approximate surface area is 120 Å². The van der Waals surface area contributed by atoms with E-state index in [2.05, 4.69) is 70.1 Å². The van der Waals surface area contributed by atoms with Crippen molar-refractivity contribution in [2.75, 3.05) is 0 Å². The normalized spacial score (nSPS) is 12.3. The number of benzene rings is 1. The van der Waals surface area contributed by atoms with Crippen molar-refractivity contribution >= 4 is 35.3 Å². The number of hydrogen-bond donors (Lipinski definition) is 0. The lowest BCUT2D eigenvalue weighted by molar-refractivity contribution is 0.436. The highest BCUT2D eigenvalue weighted by molar-refractivity contribution is 6.85. The van der Waals surface area contributed by atoms with Gasteiger partial charge in [-0.3, -0.25) is 0 Å². The molecule has 0 saturated heterocycles. The van der Waals surface area contributed by atoms with Crippen molar-refractivity contribution in [2.24, 2.45) is 0 Å². The first-order valence-corrected chi connectivity index (χ1v) is 13.5. The van der Waals surface area contributed by atoms with Gasteiger partial charge in [0.15, 0.2) is 16.6 Å². The lowest BCUT2D eigenvalue weighted by atomic mass is 9.80. The molecule has 0 unspecified atom stereocenters. The van der Waals surface area contributed by atoms with Crippen LogP contribution in [0.25, 0.3) is 6.08 Å². The molecule has 0 bridgehead atoms. The summed E-state index contributed by atoms with van der Waals surface area (Å²) in [4.78, 5) is 0. The summed E-state index contributed by atoms with van der Waals surface area (Å²) in [7, 11) is -3.53. The maximum atomic E-state index is 6.20. The molecule has 0 aliphatic heterocycles. The van der Waals surface area contributed by atoms with Crippen molar-refractivity contribution < 1.29 is 8.69 Å². The average Bonchev–Trinajstić information content (AvgIpc) is 2.24. The van der Waals surface area contributed by atoms with E-state index in [0.717, 1.165) is 11.0 Å². The summed E-state index contributed by atoms with van der Waals surface area (Å²) in [6.45, 7) is 16.9. The van der Waals surface area contributed by atoms with Crippen molar-refractivity contribution in [1.29, 1.82) is 0 Å². The van der Waals surface area contributed by atoms with E-state index in [-0.39, 0.29) is 7.12 Å². The summed E-state index contributed by atoms with van der Waals surface area (Å²) in [5.74, 6) is 0. The predicted octanol–water partition coefficient (Wildman–Crippen LogP) is 3.73. The second-order valence-corrected chi connectivity index (χ2v) is 15.6. The van der Waals surface area contributed by atoms with E-state index in [9.17, 15) is 0 Å². The van der Waals surface area contributed by atoms with Crippen LogP contribution in [0.3, 0.4) is 0 Å². The molecular weight excluding hydrogens is 267 g/mol. The van der Waals surface area contributed by atoms with Crippen LogP contribution in [0.2, 0.25) is 39.3 Å². The molecule has 0 radical (unpaired) electrons. The maximum Gasteiger partial charge on any atom is 0.472 e. The van der Waals surface area contributed by atoms with Gasteiger partial charge in [-0.05, 0) is 50.3 Å². The molecule has 104 valence electrons. The highest BCUT2D eigenvalue weighted by Gasteiger charge is 2.32. The van der Waals surface area contributed by atoms with Crippen LogP contribution in [0.1, 0.15) is 5.56 Å². The van der Waals surface area contributed by atoms with E-state index >= 15 is 0 Å². The summed E-state index contributed by atoms with van der Waals surface area (Å²) in [5.41, 5.74) is 2.21. The molecule has 0 spiro atoms. The largest absolute Gasteiger partial charge is 0.472 e. The summed E-state index contributed by atoms with van der Waals surface area (Å²) in [5, 5.41) is 0. The fraction of sp³-hybridized carbons (Fsp3) is 0.429. The molecule has 0 fully saturated rings. The first-order valence-electron chi connectivity index (χ1n) is 6.69. The summed E-state index contributed by atoms with van der Waals surface area (Å²) in [6.07, 6.45) is 1.84. The van der Waals surface area contributed by atoms with Gasteiger partial charge in [0.1, 0.15) is 0 Å². The summed E-state index contributed by atoms with van der Waals surface area (Å²) < 4.78 is 12.4. The van der Waals surface area contributed by atoms with Gasteiger partial charge < -0.3 is 8.69 Å². The van der Waals surface area contributed by atoms with Crippen LogP contribution in [0.4, 0.5) is 0 Å². The van der Waals surface area contributed by atoms with E-state index in [1.807, 2.05) is 6.08 Å². The van der Waals surface area contributed by atoms with Crippen LogP contribution in [0, 0.1) is 0 Å². The van der Waals surface area contributed by atoms with E-state index in [1.165, 1.54) is 0 Å². The van der Waals surface area contributed by atoms with Gasteiger partial charge in [-0.1, -0.05) is 36.9 Å². The molecule has 0 atom stereocenters. The number of rotatable bonds is 6. The molecule has 19 heavy (non-hydrogen) atoms. The van der Waals surface area contributed by atoms with Crippen LogP contribution in [-0.4, -0.2) is 23.8 Å². The van der Waals surface area contributed by atoms with Gasteiger partial charge in [0.05, 0.1) is 0 Å². The Bertz CT molecular complexity index is 403. The van der Waals surface area contributed by atoms with Crippen molar-refractivity contribution in [2.45, 2.75) is 39.3 Å². The first-order chi connectivity index (χ1) is 8.61. The lowest BCUT2D eigenvalue weighted by Crippen LogP contribution is -2.50. The fourth-order valence-corrected chi connectivity index (χ4v) is 3.34. The minimum absolute atomic E-state index is 0.239. The van der Waals surface area contributed by atoms with Crippen molar-refractivity contribution in [1.82, 2.24) is 0 Å². The van der Waals surface area contributed by atoms with Gasteiger partial charge in [-0.15, -0.1) is 0 Å². The number of hydrogen-bond acceptors (Lipinski definition) is 2. The Morgan fingerprint density at radius 2 is 1.32 bits per heavy atom. The zero-order valence-electron chi connectivity index (χ0n) is 13.0. The van der Waals surface area contributed by atoms with Gasteiger partial charge >= 0.3 is 7.12 Å². The molecule has 0 aliphatic carbocycles. The second kappa shape index (κ2) is 6.22. The molecule has 0 aliphatic rings. The molecular formula is C14H25BO2Si2. The Morgan fingerprint density at radius 3 is 1.63 bits per heavy atom. The smallest absolute Gasteiger partial charge is 0.450 e. The molecule has 1 rings (SSSR count). The van der Waals surface area contributed by atoms with Gasteiger partial charge in [0, 0.05) is 0 Å². The zero-order valence-corrected chi connectivity index (χ0v) is 15.0. The fourth-order valence-electron chi connectivity index (χ4n) is 1.59. The third-order valence-electron chi connectivity index (χ3n) is 2.37. The zero-order chi connectivity index (χ0) is 14.7. The molecule has 0 aromatic heterocycles. The molecule has 0 heterocycles. The van der Waals surface area contributed by atoms with Crippen LogP contribution in [0.15, 0.2) is 30.8 Å². The van der Waals surface area contributed by atoms with Crippen LogP contribution < -0.4 is 5.46 Å². The Kier molecular flexibility index (Phi) is 5.38. The molecule has 0 saturated carbocycles. The Morgan fingerprint density at radius 1 is 0.895 bits per heavy atom. The Balaban J connectivity index is 2.97. The van der Waals surface area contributed by atoms with E-state index < -0.39 is 16.6 Å². The lowest BCUT2D eigenvalue weighted by Gasteiger charge is -2.29. The van der Waals surface area contributed by atoms with Crippen LogP contribution in [-0.2, 0) is 8.69 Å². The maximum absolute atomic E-state index is 6.20. The van der Waals surface area contributed by atoms with Crippen molar-refractivity contribution in [3.63, 3.8) is 0 Å². The van der Waals surface area contributed by atoms with Gasteiger partial charge in [0.2, 0.25) is 0 Å². The third kappa shape index (κ3) is 6.38. The van der Waals surface area contributed by atoms with E-state index in [0.29, 0.717) is 0 Å². The van der Waals surface area contributed by atoms with Gasteiger partial charge in [0.25, 0.3) is 0 Å². The highest BCUT2D eigenvalue weighted by Crippen LogP contribution is 2.12. The topological polar surface area (TPSA) is 18.5 Å². The van der Waals surface area contributed by atoms with Crippen LogP contribution >= 0.6 is 0 Å². The Hall–Kier alpha value is -0.621. The quantitative estimate of drug-likeness (QED) is 0.744. The van der Waals surface area contributed by atoms with Crippen molar-refractivity contribution in [3.05, 3.63) is 36.4 Å². The average molecular weight is 292 g/mol. The minimum atomic E-state index is -1.65. The minimum Gasteiger partial charge on any atom is -0.450 e. The molecule has 1 aromatic carbocycles. The van der Waals surface area contributed by atoms with Crippen LogP contribution in [0.5, 0.6) is 0 Å². The molecule has 0 N–H and O–H groups in total. The SMILES string of the molecule is C=Cc1ccc(B(O[Si](C)(C)C)O[Si](C)(C)C)cc1. The van der Waals surface area contributed by atoms with E-state index in [1.54, 1.807) is 0 Å². The highest BCUT2D eigenvalue weighted by atomic mass is 28.4. The third-order valence-corrected chi connectivity index (χ3v) is 4.21. The van der Waals surface area contributed by atoms with E-state index in [4.69, 9.17) is 8.69 Å². The predicted molar refractivity (Wildman–Crippen MR) is 90.8 cm³/mol. The summed E-state index contributed by atoms with van der Waals surface area (Å²) in [6, 6.07) is 8.25. The van der Waals surface area contributed by atoms with Gasteiger partial charge in [-0.25, -0.2) is 0 Å². The molecule has 1 aromatic rings. The standard InChI is InChI=1S/C14H25BO2Si2/c1-8-13-9-11-14(12-10-13)15(16-18(2,3)4)17-19(5,6)7/h8-12H,1H2,2-7H3. The molecule has 2 nitrogen and oxygen atoms in total. The molecule has 0 amide bonds.